The number of amides is 1. The zero-order valence-electron chi connectivity index (χ0n) is 20.5. The lowest BCUT2D eigenvalue weighted by atomic mass is 9.99. The minimum atomic E-state index is -1.02. The second-order valence-corrected chi connectivity index (χ2v) is 9.56. The monoisotopic (exact) mass is 495 g/mol. The molecule has 0 spiro atoms. The van der Waals surface area contributed by atoms with E-state index in [4.69, 9.17) is 15.2 Å². The van der Waals surface area contributed by atoms with Crippen molar-refractivity contribution in [2.24, 2.45) is 0 Å². The number of anilines is 1. The van der Waals surface area contributed by atoms with Crippen molar-refractivity contribution in [3.05, 3.63) is 48.3 Å². The van der Waals surface area contributed by atoms with Crippen LogP contribution in [0.25, 0.3) is 17.1 Å². The van der Waals surface area contributed by atoms with E-state index in [9.17, 15) is 14.7 Å². The van der Waals surface area contributed by atoms with Crippen LogP contribution in [-0.2, 0) is 20.7 Å². The molecule has 3 heterocycles. The van der Waals surface area contributed by atoms with Crippen molar-refractivity contribution in [2.45, 2.75) is 58.0 Å². The summed E-state index contributed by atoms with van der Waals surface area (Å²) in [4.78, 5) is 33.9. The van der Waals surface area contributed by atoms with Gasteiger partial charge >= 0.3 is 12.1 Å². The average molecular weight is 496 g/mol. The van der Waals surface area contributed by atoms with Crippen molar-refractivity contribution in [3.8, 4) is 17.1 Å². The molecule has 3 aromatic rings. The summed E-state index contributed by atoms with van der Waals surface area (Å²) in [6, 6.07) is 8.61. The maximum Gasteiger partial charge on any atom is 0.410 e. The molecule has 1 fully saturated rings. The van der Waals surface area contributed by atoms with E-state index in [0.29, 0.717) is 17.9 Å². The van der Waals surface area contributed by atoms with Crippen LogP contribution in [0.4, 0.5) is 10.7 Å². The number of ether oxygens (including phenoxy) is 2. The molecule has 2 aromatic heterocycles. The highest BCUT2D eigenvalue weighted by Crippen LogP contribution is 2.28. The van der Waals surface area contributed by atoms with Crippen molar-refractivity contribution in [1.29, 1.82) is 0 Å². The summed E-state index contributed by atoms with van der Waals surface area (Å²) in [7, 11) is 0. The number of likely N-dealkylation sites (tertiary alicyclic amines) is 1. The Balaban J connectivity index is 1.53. The van der Waals surface area contributed by atoms with Gasteiger partial charge in [0.25, 0.3) is 0 Å². The van der Waals surface area contributed by atoms with Gasteiger partial charge in [-0.15, -0.1) is 5.10 Å². The van der Waals surface area contributed by atoms with E-state index < -0.39 is 35.9 Å². The fraction of sp³-hybridized carbons (Fsp3) is 0.417. The third-order valence-corrected chi connectivity index (χ3v) is 5.55. The van der Waals surface area contributed by atoms with Crippen LogP contribution in [0.3, 0.4) is 0 Å². The van der Waals surface area contributed by atoms with E-state index in [1.807, 2.05) is 24.3 Å². The fourth-order valence-electron chi connectivity index (χ4n) is 4.03. The molecule has 1 aromatic carbocycles. The molecule has 0 aliphatic carbocycles. The smallest absolute Gasteiger partial charge is 0.410 e. The number of nitrogen functional groups attached to an aromatic ring is 1. The summed E-state index contributed by atoms with van der Waals surface area (Å²) in [5, 5.41) is 18.9. The topological polar surface area (TPSA) is 159 Å². The predicted octanol–water partition coefficient (Wildman–Crippen LogP) is 1.76. The number of carbonyl (C=O) groups is 2. The van der Waals surface area contributed by atoms with E-state index in [-0.39, 0.29) is 12.5 Å². The molecule has 36 heavy (non-hydrogen) atoms. The van der Waals surface area contributed by atoms with Crippen molar-refractivity contribution in [3.63, 3.8) is 0 Å². The first kappa shape index (κ1) is 25.0. The lowest BCUT2D eigenvalue weighted by Gasteiger charge is -2.30. The molecule has 3 N–H and O–H groups in total. The van der Waals surface area contributed by atoms with Gasteiger partial charge in [-0.25, -0.2) is 14.5 Å². The van der Waals surface area contributed by atoms with Crippen molar-refractivity contribution in [2.75, 3.05) is 12.3 Å². The maximum absolute atomic E-state index is 12.8. The van der Waals surface area contributed by atoms with Crippen LogP contribution in [0, 0.1) is 0 Å². The van der Waals surface area contributed by atoms with Crippen LogP contribution in [0.2, 0.25) is 0 Å². The van der Waals surface area contributed by atoms with Gasteiger partial charge in [0.1, 0.15) is 23.5 Å². The molecule has 12 heteroatoms. The number of nitrogens with zero attached hydrogens (tertiary/aromatic N) is 6. The number of β-amino-alcohol motifs (C(OH)–C–C–N with tert-alkyl or cyclic N) is 1. The Kier molecular flexibility index (Phi) is 6.88. The summed E-state index contributed by atoms with van der Waals surface area (Å²) in [6.07, 6.45) is 1.16. The molecule has 12 nitrogen and oxygen atoms in total. The number of nitrogens with two attached hydrogens (primary N) is 1. The second-order valence-electron chi connectivity index (χ2n) is 9.56. The number of aliphatic hydroxyl groups is 1. The molecule has 1 aliphatic heterocycles. The molecule has 1 amide bonds. The molecular formula is C24H29N7O5. The van der Waals surface area contributed by atoms with E-state index >= 15 is 0 Å². The van der Waals surface area contributed by atoms with Gasteiger partial charge < -0.3 is 20.3 Å². The van der Waals surface area contributed by atoms with E-state index in [2.05, 4.69) is 20.3 Å². The second kappa shape index (κ2) is 9.90. The number of esters is 1. The van der Waals surface area contributed by atoms with Gasteiger partial charge in [0.15, 0.2) is 5.82 Å². The minimum Gasteiger partial charge on any atom is -0.457 e. The van der Waals surface area contributed by atoms with E-state index in [1.54, 1.807) is 33.0 Å². The van der Waals surface area contributed by atoms with Gasteiger partial charge in [-0.1, -0.05) is 29.5 Å². The Labute approximate surface area is 208 Å². The van der Waals surface area contributed by atoms with Crippen LogP contribution in [0.5, 0.6) is 0 Å². The Morgan fingerprint density at radius 1 is 1.19 bits per heavy atom. The van der Waals surface area contributed by atoms with Crippen LogP contribution in [0.15, 0.2) is 42.7 Å². The zero-order valence-corrected chi connectivity index (χ0v) is 20.5. The molecule has 190 valence electrons. The molecular weight excluding hydrogens is 466 g/mol. The van der Waals surface area contributed by atoms with Crippen LogP contribution < -0.4 is 5.73 Å². The van der Waals surface area contributed by atoms with Crippen LogP contribution in [0.1, 0.15) is 33.3 Å². The van der Waals surface area contributed by atoms with Gasteiger partial charge in [-0.3, -0.25) is 9.69 Å². The molecule has 0 radical (unpaired) electrons. The Bertz CT molecular complexity index is 1240. The van der Waals surface area contributed by atoms with Gasteiger partial charge in [-0.05, 0) is 32.8 Å². The molecule has 0 bridgehead atoms. The summed E-state index contributed by atoms with van der Waals surface area (Å²) >= 11 is 0. The van der Waals surface area contributed by atoms with Crippen LogP contribution in [-0.4, -0.2) is 77.4 Å². The van der Waals surface area contributed by atoms with Crippen molar-refractivity contribution < 1.29 is 24.2 Å². The van der Waals surface area contributed by atoms with Gasteiger partial charge in [0.05, 0.1) is 18.8 Å². The largest absolute Gasteiger partial charge is 0.457 e. The number of aliphatic hydroxyl groups excluding tert-OH is 1. The SMILES string of the molecule is CC(=O)O[C@H]1[C@@H](Cc2ccc(-c3cn(-c4ccnc(N)n4)nn3)cc2)N(C(=O)OC(C)(C)C)C[C@@H]1O. The zero-order chi connectivity index (χ0) is 26.0. The summed E-state index contributed by atoms with van der Waals surface area (Å²) < 4.78 is 12.4. The average Bonchev–Trinajstić information content (AvgIpc) is 3.39. The lowest BCUT2D eigenvalue weighted by Crippen LogP contribution is -2.45. The number of hydrogen-bond acceptors (Lipinski definition) is 10. The standard InChI is InChI=1S/C24H29N7O5/c1-14(32)35-21-18(30(13-19(21)33)23(34)36-24(2,3)4)11-15-5-7-16(8-6-15)17-12-31(29-28-17)20-9-10-26-22(25)27-20/h5-10,12,18-19,21,33H,11,13H2,1-4H3,(H2,25,26,27)/t18-,19+,21+/m1/s1. The molecule has 3 atom stereocenters. The number of benzene rings is 1. The lowest BCUT2D eigenvalue weighted by molar-refractivity contribution is -0.151. The highest BCUT2D eigenvalue weighted by Gasteiger charge is 2.46. The number of carbonyl (C=O) groups excluding carboxylic acids is 2. The molecule has 0 saturated carbocycles. The fourth-order valence-corrected chi connectivity index (χ4v) is 4.03. The number of rotatable bonds is 5. The third kappa shape index (κ3) is 5.77. The number of aromatic nitrogens is 5. The summed E-state index contributed by atoms with van der Waals surface area (Å²) in [6.45, 7) is 6.59. The molecule has 4 rings (SSSR count). The van der Waals surface area contributed by atoms with Gasteiger partial charge in [0, 0.05) is 24.8 Å². The third-order valence-electron chi connectivity index (χ3n) is 5.55. The Morgan fingerprint density at radius 2 is 1.92 bits per heavy atom. The molecule has 1 aliphatic rings. The van der Waals surface area contributed by atoms with Gasteiger partial charge in [0.2, 0.25) is 5.95 Å². The van der Waals surface area contributed by atoms with Crippen molar-refractivity contribution >= 4 is 18.0 Å². The predicted molar refractivity (Wildman–Crippen MR) is 129 cm³/mol. The summed E-state index contributed by atoms with van der Waals surface area (Å²) in [5.41, 5.74) is 7.26. The quantitative estimate of drug-likeness (QED) is 0.499. The first-order valence-corrected chi connectivity index (χ1v) is 11.5. The minimum absolute atomic E-state index is 0.00622. The van der Waals surface area contributed by atoms with Crippen LogP contribution >= 0.6 is 0 Å². The Morgan fingerprint density at radius 3 is 2.56 bits per heavy atom. The Hall–Kier alpha value is -4.06. The highest BCUT2D eigenvalue weighted by molar-refractivity contribution is 5.70. The first-order valence-electron chi connectivity index (χ1n) is 11.5. The van der Waals surface area contributed by atoms with Crippen molar-refractivity contribution in [1.82, 2.24) is 29.9 Å². The first-order chi connectivity index (χ1) is 17.0. The summed E-state index contributed by atoms with van der Waals surface area (Å²) in [5.74, 6) is 0.105. The van der Waals surface area contributed by atoms with E-state index in [0.717, 1.165) is 11.1 Å². The molecule has 0 unspecified atom stereocenters. The van der Waals surface area contributed by atoms with Gasteiger partial charge in [-0.2, -0.15) is 4.98 Å². The highest BCUT2D eigenvalue weighted by atomic mass is 16.6. The van der Waals surface area contributed by atoms with E-state index in [1.165, 1.54) is 22.7 Å². The maximum atomic E-state index is 12.8. The molecule has 1 saturated heterocycles. The number of hydrogen-bond donors (Lipinski definition) is 2. The normalized spacial score (nSPS) is 19.8.